The minimum atomic E-state index is 0.619. The Morgan fingerprint density at radius 1 is 1.12 bits per heavy atom. The predicted molar refractivity (Wildman–Crippen MR) is 104 cm³/mol. The van der Waals surface area contributed by atoms with Crippen LogP contribution in [-0.2, 0) is 6.54 Å². The maximum Gasteiger partial charge on any atom is 0.224 e. The van der Waals surface area contributed by atoms with Crippen molar-refractivity contribution in [2.45, 2.75) is 6.54 Å². The summed E-state index contributed by atoms with van der Waals surface area (Å²) in [4.78, 5) is 2.44. The summed E-state index contributed by atoms with van der Waals surface area (Å²) in [7, 11) is 0. The van der Waals surface area contributed by atoms with Crippen molar-refractivity contribution in [2.75, 3.05) is 26.2 Å². The van der Waals surface area contributed by atoms with Gasteiger partial charge >= 0.3 is 0 Å². The van der Waals surface area contributed by atoms with Gasteiger partial charge in [0.05, 0.1) is 0 Å². The molecule has 1 aliphatic rings. The highest BCUT2D eigenvalue weighted by Gasteiger charge is 2.14. The Balaban J connectivity index is 1.64. The number of benzene rings is 2. The zero-order chi connectivity index (χ0) is 17.9. The van der Waals surface area contributed by atoms with Gasteiger partial charge in [0.15, 0.2) is 6.20 Å². The average Bonchev–Trinajstić information content (AvgIpc) is 2.68. The average molecular weight is 343 g/mol. The number of pyridine rings is 1. The zero-order valence-corrected chi connectivity index (χ0v) is 14.6. The van der Waals surface area contributed by atoms with E-state index in [0.717, 1.165) is 59.4 Å². The van der Waals surface area contributed by atoms with Gasteiger partial charge in [0.1, 0.15) is 0 Å². The highest BCUT2D eigenvalue weighted by molar-refractivity contribution is 5.89. The van der Waals surface area contributed by atoms with Crippen LogP contribution in [-0.4, -0.2) is 31.1 Å². The third-order valence-corrected chi connectivity index (χ3v) is 4.94. The molecular weight excluding hydrogens is 322 g/mol. The molecule has 1 aliphatic heterocycles. The summed E-state index contributed by atoms with van der Waals surface area (Å²) in [6, 6.07) is 15.8. The molecule has 1 N–H and O–H groups in total. The largest absolute Gasteiger partial charge is 0.618 e. The van der Waals surface area contributed by atoms with Crippen molar-refractivity contribution in [3.05, 3.63) is 71.1 Å². The number of rotatable bonds is 3. The smallest absolute Gasteiger partial charge is 0.224 e. The summed E-state index contributed by atoms with van der Waals surface area (Å²) < 4.78 is 0.925. The van der Waals surface area contributed by atoms with E-state index in [1.165, 1.54) is 5.56 Å². The molecule has 3 aromatic rings. The summed E-state index contributed by atoms with van der Waals surface area (Å²) in [5.41, 5.74) is 3.59. The molecule has 4 nitrogen and oxygen atoms in total. The number of fused-ring (bicyclic) bond motifs is 1. The first-order chi connectivity index (χ1) is 12.7. The van der Waals surface area contributed by atoms with E-state index < -0.39 is 0 Å². The molecule has 130 valence electrons. The van der Waals surface area contributed by atoms with E-state index in [0.29, 0.717) is 5.69 Å². The van der Waals surface area contributed by atoms with E-state index in [-0.39, 0.29) is 0 Å². The van der Waals surface area contributed by atoms with Gasteiger partial charge in [0.2, 0.25) is 5.69 Å². The summed E-state index contributed by atoms with van der Waals surface area (Å²) in [5.74, 6) is 2.70. The third kappa shape index (κ3) is 3.28. The molecule has 4 heteroatoms. The zero-order valence-electron chi connectivity index (χ0n) is 14.6. The monoisotopic (exact) mass is 343 g/mol. The number of hydrogen-bond donors (Lipinski definition) is 1. The van der Waals surface area contributed by atoms with Gasteiger partial charge in [0, 0.05) is 60.7 Å². The van der Waals surface area contributed by atoms with Gasteiger partial charge in [-0.2, -0.15) is 4.73 Å². The normalized spacial score (nSPS) is 15.0. The van der Waals surface area contributed by atoms with Gasteiger partial charge < -0.3 is 10.5 Å². The van der Waals surface area contributed by atoms with Crippen LogP contribution in [0.4, 0.5) is 0 Å². The van der Waals surface area contributed by atoms with Crippen molar-refractivity contribution in [2.24, 2.45) is 0 Å². The Bertz CT molecular complexity index is 967. The van der Waals surface area contributed by atoms with Crippen LogP contribution in [0.5, 0.6) is 0 Å². The Kier molecular flexibility index (Phi) is 4.57. The van der Waals surface area contributed by atoms with E-state index in [1.807, 2.05) is 36.4 Å². The van der Waals surface area contributed by atoms with Crippen LogP contribution < -0.4 is 10.0 Å². The summed E-state index contributed by atoms with van der Waals surface area (Å²) in [6.45, 7) is 5.17. The molecule has 0 atom stereocenters. The van der Waals surface area contributed by atoms with Gasteiger partial charge in [-0.05, 0) is 29.8 Å². The van der Waals surface area contributed by atoms with Crippen molar-refractivity contribution < 1.29 is 4.73 Å². The number of hydrogen-bond acceptors (Lipinski definition) is 3. The van der Waals surface area contributed by atoms with Gasteiger partial charge in [0.25, 0.3) is 0 Å². The Labute approximate surface area is 153 Å². The number of piperazine rings is 1. The lowest BCUT2D eigenvalue weighted by Crippen LogP contribution is -2.42. The van der Waals surface area contributed by atoms with E-state index in [9.17, 15) is 5.21 Å². The lowest BCUT2D eigenvalue weighted by Gasteiger charge is -2.27. The first kappa shape index (κ1) is 16.6. The maximum absolute atomic E-state index is 12.5. The van der Waals surface area contributed by atoms with Crippen molar-refractivity contribution in [1.29, 1.82) is 0 Å². The Hall–Kier alpha value is -2.87. The van der Waals surface area contributed by atoms with Crippen LogP contribution in [0.25, 0.3) is 22.0 Å². The Morgan fingerprint density at radius 2 is 1.88 bits per heavy atom. The molecule has 1 saturated heterocycles. The molecule has 0 aliphatic carbocycles. The molecule has 26 heavy (non-hydrogen) atoms. The minimum absolute atomic E-state index is 0.619. The fourth-order valence-corrected chi connectivity index (χ4v) is 3.50. The second kappa shape index (κ2) is 7.17. The Morgan fingerprint density at radius 3 is 2.62 bits per heavy atom. The van der Waals surface area contributed by atoms with E-state index in [2.05, 4.69) is 28.3 Å². The minimum Gasteiger partial charge on any atom is -0.618 e. The van der Waals surface area contributed by atoms with Gasteiger partial charge in [-0.25, -0.2) is 0 Å². The molecule has 0 bridgehead atoms. The lowest BCUT2D eigenvalue weighted by atomic mass is 10.0. The molecule has 0 unspecified atom stereocenters. The summed E-state index contributed by atoms with van der Waals surface area (Å²) in [6.07, 6.45) is 7.20. The predicted octanol–water partition coefficient (Wildman–Crippen LogP) is 2.53. The van der Waals surface area contributed by atoms with Gasteiger partial charge in [-0.1, -0.05) is 24.1 Å². The van der Waals surface area contributed by atoms with E-state index in [1.54, 1.807) is 6.20 Å². The first-order valence-electron chi connectivity index (χ1n) is 8.89. The summed E-state index contributed by atoms with van der Waals surface area (Å²) >= 11 is 0. The molecule has 1 aromatic heterocycles. The lowest BCUT2D eigenvalue weighted by molar-refractivity contribution is -0.592. The molecule has 0 saturated carbocycles. The maximum atomic E-state index is 12.5. The van der Waals surface area contributed by atoms with Gasteiger partial charge in [-0.15, -0.1) is 6.42 Å². The quantitative estimate of drug-likeness (QED) is 0.451. The van der Waals surface area contributed by atoms with Crippen molar-refractivity contribution >= 4 is 10.8 Å². The van der Waals surface area contributed by atoms with Crippen LogP contribution in [0.2, 0.25) is 0 Å². The van der Waals surface area contributed by atoms with Crippen molar-refractivity contribution in [1.82, 2.24) is 10.2 Å². The van der Waals surface area contributed by atoms with Crippen molar-refractivity contribution in [3.8, 4) is 23.6 Å². The number of nitrogens with one attached hydrogen (secondary N) is 1. The number of aromatic nitrogens is 1. The first-order valence-corrected chi connectivity index (χ1v) is 8.89. The molecular formula is C22H21N3O. The highest BCUT2D eigenvalue weighted by Crippen LogP contribution is 2.23. The highest BCUT2D eigenvalue weighted by atomic mass is 16.5. The molecule has 1 fully saturated rings. The molecule has 0 spiro atoms. The van der Waals surface area contributed by atoms with Crippen LogP contribution in [0.15, 0.2) is 54.7 Å². The van der Waals surface area contributed by atoms with E-state index in [4.69, 9.17) is 6.42 Å². The fourth-order valence-electron chi connectivity index (χ4n) is 3.50. The van der Waals surface area contributed by atoms with E-state index >= 15 is 0 Å². The molecule has 0 amide bonds. The SMILES string of the molecule is C#Cc1cccc2c[n+]([O-])c(-c3ccc(CN4CCNCC4)cc3)cc12. The van der Waals surface area contributed by atoms with Gasteiger partial charge in [-0.3, -0.25) is 4.90 Å². The van der Waals surface area contributed by atoms with Crippen LogP contribution in [0.1, 0.15) is 11.1 Å². The molecule has 4 rings (SSSR count). The third-order valence-electron chi connectivity index (χ3n) is 4.94. The summed E-state index contributed by atoms with van der Waals surface area (Å²) in [5, 5.41) is 17.6. The standard InChI is InChI=1S/C22H21N3O/c1-2-18-4-3-5-20-16-25(26)22(14-21(18)20)19-8-6-17(7-9-19)15-24-12-10-23-11-13-24/h1,3-9,14,16,23H,10-13,15H2. The van der Waals surface area contributed by atoms with Crippen molar-refractivity contribution in [3.63, 3.8) is 0 Å². The fraction of sp³-hybridized carbons (Fsp3) is 0.227. The number of nitrogens with zero attached hydrogens (tertiary/aromatic N) is 2. The molecule has 2 heterocycles. The molecule has 2 aromatic carbocycles. The van der Waals surface area contributed by atoms with Crippen LogP contribution >= 0.6 is 0 Å². The number of terminal acetylenes is 1. The van der Waals surface area contributed by atoms with Crippen LogP contribution in [0, 0.1) is 17.6 Å². The second-order valence-corrected chi connectivity index (χ2v) is 6.66. The molecule has 0 radical (unpaired) electrons. The van der Waals surface area contributed by atoms with Crippen LogP contribution in [0.3, 0.4) is 0 Å². The second-order valence-electron chi connectivity index (χ2n) is 6.66. The topological polar surface area (TPSA) is 42.2 Å².